The van der Waals surface area contributed by atoms with Crippen LogP contribution in [0.4, 0.5) is 0 Å². The highest BCUT2D eigenvalue weighted by molar-refractivity contribution is 6.11. The number of aromatic nitrogens is 3. The Morgan fingerprint density at radius 1 is 0.340 bits per heavy atom. The van der Waals surface area contributed by atoms with Crippen LogP contribution in [0.25, 0.3) is 89.1 Å². The number of benzene rings is 7. The van der Waals surface area contributed by atoms with Gasteiger partial charge < -0.3 is 4.42 Å². The first-order valence-electron chi connectivity index (χ1n) is 15.7. The normalized spacial score (nSPS) is 11.4. The maximum Gasteiger partial charge on any atom is 0.164 e. The van der Waals surface area contributed by atoms with Crippen molar-refractivity contribution in [2.45, 2.75) is 0 Å². The lowest BCUT2D eigenvalue weighted by Gasteiger charge is -2.10. The monoisotopic (exact) mass is 601 g/mol. The number of rotatable bonds is 5. The van der Waals surface area contributed by atoms with Crippen LogP contribution in [0.5, 0.6) is 0 Å². The summed E-state index contributed by atoms with van der Waals surface area (Å²) >= 11 is 0. The third-order valence-electron chi connectivity index (χ3n) is 8.73. The molecule has 220 valence electrons. The molecule has 0 aliphatic rings. The van der Waals surface area contributed by atoms with Gasteiger partial charge in [-0.05, 0) is 57.3 Å². The summed E-state index contributed by atoms with van der Waals surface area (Å²) < 4.78 is 6.18. The highest BCUT2D eigenvalue weighted by atomic mass is 16.3. The van der Waals surface area contributed by atoms with Crippen LogP contribution in [-0.2, 0) is 0 Å². The Morgan fingerprint density at radius 2 is 0.851 bits per heavy atom. The predicted molar refractivity (Wildman–Crippen MR) is 192 cm³/mol. The van der Waals surface area contributed by atoms with Crippen LogP contribution < -0.4 is 0 Å². The molecule has 2 aromatic heterocycles. The Kier molecular flexibility index (Phi) is 6.43. The van der Waals surface area contributed by atoms with Gasteiger partial charge in [0.15, 0.2) is 17.5 Å². The third kappa shape index (κ3) is 4.93. The second-order valence-corrected chi connectivity index (χ2v) is 11.7. The van der Waals surface area contributed by atoms with Crippen molar-refractivity contribution in [1.29, 1.82) is 0 Å². The van der Waals surface area contributed by atoms with Crippen molar-refractivity contribution in [3.05, 3.63) is 164 Å². The molecule has 0 aliphatic carbocycles. The van der Waals surface area contributed by atoms with Gasteiger partial charge in [-0.2, -0.15) is 0 Å². The minimum atomic E-state index is 0.610. The zero-order chi connectivity index (χ0) is 31.2. The zero-order valence-corrected chi connectivity index (χ0v) is 25.3. The number of hydrogen-bond donors (Lipinski definition) is 0. The van der Waals surface area contributed by atoms with Gasteiger partial charge in [0.2, 0.25) is 0 Å². The first-order chi connectivity index (χ1) is 23.3. The van der Waals surface area contributed by atoms with Crippen molar-refractivity contribution < 1.29 is 4.42 Å². The van der Waals surface area contributed by atoms with Crippen molar-refractivity contribution >= 4 is 32.7 Å². The SMILES string of the molecule is c1ccc(-c2ccc3ccc(-c4ccc(-c5nc(-c6ccccc6)nc(-c6cccc7oc8ccccc8c67)n5)cc4)cc3c2)cc1. The van der Waals surface area contributed by atoms with Crippen LogP contribution >= 0.6 is 0 Å². The lowest BCUT2D eigenvalue weighted by Crippen LogP contribution is -2.00. The Bertz CT molecular complexity index is 2550. The highest BCUT2D eigenvalue weighted by Gasteiger charge is 2.17. The van der Waals surface area contributed by atoms with Gasteiger partial charge in [-0.3, -0.25) is 0 Å². The fourth-order valence-corrected chi connectivity index (χ4v) is 6.35. The molecule has 0 atom stereocenters. The molecule has 4 heteroatoms. The molecule has 0 saturated carbocycles. The highest BCUT2D eigenvalue weighted by Crippen LogP contribution is 2.37. The van der Waals surface area contributed by atoms with Gasteiger partial charge in [0.25, 0.3) is 0 Å². The molecule has 0 bridgehead atoms. The van der Waals surface area contributed by atoms with E-state index >= 15 is 0 Å². The fraction of sp³-hybridized carbons (Fsp3) is 0. The summed E-state index contributed by atoms with van der Waals surface area (Å²) in [7, 11) is 0. The Morgan fingerprint density at radius 3 is 1.55 bits per heavy atom. The smallest absolute Gasteiger partial charge is 0.164 e. The van der Waals surface area contributed by atoms with E-state index in [4.69, 9.17) is 19.4 Å². The first-order valence-corrected chi connectivity index (χ1v) is 15.7. The number of furan rings is 1. The van der Waals surface area contributed by atoms with Crippen LogP contribution in [0, 0.1) is 0 Å². The van der Waals surface area contributed by atoms with Crippen molar-refractivity contribution in [2.75, 3.05) is 0 Å². The van der Waals surface area contributed by atoms with Crippen LogP contribution in [0.2, 0.25) is 0 Å². The van der Waals surface area contributed by atoms with E-state index < -0.39 is 0 Å². The molecule has 47 heavy (non-hydrogen) atoms. The summed E-state index contributed by atoms with van der Waals surface area (Å²) in [6.07, 6.45) is 0. The van der Waals surface area contributed by atoms with Crippen LogP contribution in [-0.4, -0.2) is 15.0 Å². The van der Waals surface area contributed by atoms with E-state index in [1.165, 1.54) is 21.9 Å². The standard InChI is InChI=1S/C43H27N3O/c1-3-10-28(11-4-1)33-24-20-30-21-25-34(27-35(30)26-33)29-18-22-32(23-19-29)42-44-41(31-12-5-2-6-13-31)45-43(46-42)37-15-9-17-39-40(37)36-14-7-8-16-38(36)47-39/h1-27H. The summed E-state index contributed by atoms with van der Waals surface area (Å²) in [5.41, 5.74) is 9.14. The second kappa shape index (κ2) is 11.2. The van der Waals surface area contributed by atoms with Crippen molar-refractivity contribution in [1.82, 2.24) is 15.0 Å². The first kappa shape index (κ1) is 27.0. The predicted octanol–water partition coefficient (Wildman–Crippen LogP) is 11.3. The molecule has 4 nitrogen and oxygen atoms in total. The van der Waals surface area contributed by atoms with E-state index in [1.807, 2.05) is 66.7 Å². The molecule has 0 saturated heterocycles. The molecule has 9 rings (SSSR count). The third-order valence-corrected chi connectivity index (χ3v) is 8.73. The van der Waals surface area contributed by atoms with Crippen LogP contribution in [0.3, 0.4) is 0 Å². The summed E-state index contributed by atoms with van der Waals surface area (Å²) in [5, 5.41) is 4.47. The van der Waals surface area contributed by atoms with Crippen molar-refractivity contribution in [3.8, 4) is 56.4 Å². The largest absolute Gasteiger partial charge is 0.456 e. The lowest BCUT2D eigenvalue weighted by atomic mass is 9.97. The van der Waals surface area contributed by atoms with E-state index in [0.717, 1.165) is 49.8 Å². The van der Waals surface area contributed by atoms with E-state index in [2.05, 4.69) is 97.1 Å². The molecule has 0 fully saturated rings. The molecule has 0 unspecified atom stereocenters. The van der Waals surface area contributed by atoms with Gasteiger partial charge in [0, 0.05) is 27.5 Å². The summed E-state index contributed by atoms with van der Waals surface area (Å²) in [6.45, 7) is 0. The number of para-hydroxylation sites is 1. The molecule has 9 aromatic rings. The molecular formula is C43H27N3O. The van der Waals surface area contributed by atoms with Gasteiger partial charge in [0.1, 0.15) is 11.2 Å². The van der Waals surface area contributed by atoms with Gasteiger partial charge in [0.05, 0.1) is 0 Å². The summed E-state index contributed by atoms with van der Waals surface area (Å²) in [6, 6.07) is 56.5. The number of nitrogens with zero attached hydrogens (tertiary/aromatic N) is 3. The maximum absolute atomic E-state index is 6.18. The Balaban J connectivity index is 1.14. The van der Waals surface area contributed by atoms with E-state index in [0.29, 0.717) is 17.5 Å². The summed E-state index contributed by atoms with van der Waals surface area (Å²) in [5.74, 6) is 1.86. The minimum Gasteiger partial charge on any atom is -0.456 e. The van der Waals surface area contributed by atoms with Gasteiger partial charge >= 0.3 is 0 Å². The van der Waals surface area contributed by atoms with Crippen molar-refractivity contribution in [2.24, 2.45) is 0 Å². The van der Waals surface area contributed by atoms with Gasteiger partial charge in [-0.25, -0.2) is 15.0 Å². The average molecular weight is 602 g/mol. The molecule has 0 spiro atoms. The molecular weight excluding hydrogens is 574 g/mol. The van der Waals surface area contributed by atoms with Gasteiger partial charge in [-0.1, -0.05) is 140 Å². The van der Waals surface area contributed by atoms with E-state index in [9.17, 15) is 0 Å². The average Bonchev–Trinajstić information content (AvgIpc) is 3.54. The quantitative estimate of drug-likeness (QED) is 0.197. The van der Waals surface area contributed by atoms with E-state index in [-0.39, 0.29) is 0 Å². The van der Waals surface area contributed by atoms with Gasteiger partial charge in [-0.15, -0.1) is 0 Å². The number of fused-ring (bicyclic) bond motifs is 4. The second-order valence-electron chi connectivity index (χ2n) is 11.7. The topological polar surface area (TPSA) is 51.8 Å². The molecule has 0 N–H and O–H groups in total. The fourth-order valence-electron chi connectivity index (χ4n) is 6.35. The van der Waals surface area contributed by atoms with Crippen LogP contribution in [0.15, 0.2) is 168 Å². The zero-order valence-electron chi connectivity index (χ0n) is 25.3. The minimum absolute atomic E-state index is 0.610. The van der Waals surface area contributed by atoms with Crippen molar-refractivity contribution in [3.63, 3.8) is 0 Å². The molecule has 0 radical (unpaired) electrons. The Hall–Kier alpha value is -6.39. The van der Waals surface area contributed by atoms with Crippen LogP contribution in [0.1, 0.15) is 0 Å². The molecule has 0 amide bonds. The summed E-state index contributed by atoms with van der Waals surface area (Å²) in [4.78, 5) is 15.0. The molecule has 2 heterocycles. The molecule has 0 aliphatic heterocycles. The lowest BCUT2D eigenvalue weighted by molar-refractivity contribution is 0.669. The Labute approximate surface area is 271 Å². The molecule has 7 aromatic carbocycles. The maximum atomic E-state index is 6.18. The van der Waals surface area contributed by atoms with E-state index in [1.54, 1.807) is 0 Å². The number of hydrogen-bond acceptors (Lipinski definition) is 4.